The van der Waals surface area contributed by atoms with Gasteiger partial charge in [-0.25, -0.2) is 0 Å². The Morgan fingerprint density at radius 3 is 2.31 bits per heavy atom. The lowest BCUT2D eigenvalue weighted by molar-refractivity contribution is -0.0559. The van der Waals surface area contributed by atoms with Crippen LogP contribution in [0.1, 0.15) is 30.9 Å². The summed E-state index contributed by atoms with van der Waals surface area (Å²) >= 11 is 0. The molecule has 0 saturated heterocycles. The van der Waals surface area contributed by atoms with E-state index in [9.17, 15) is 5.11 Å². The van der Waals surface area contributed by atoms with Crippen LogP contribution in [0.2, 0.25) is 0 Å². The molecule has 0 radical (unpaired) electrons. The van der Waals surface area contributed by atoms with Gasteiger partial charge in [-0.05, 0) is 24.8 Å². The molecule has 1 aromatic carbocycles. The lowest BCUT2D eigenvalue weighted by Crippen LogP contribution is -2.46. The minimum Gasteiger partial charge on any atom is -0.388 e. The van der Waals surface area contributed by atoms with E-state index in [1.54, 1.807) is 0 Å². The average Bonchev–Trinajstić information content (AvgIpc) is 2.14. The molecule has 0 spiro atoms. The molecule has 1 atom stereocenters. The Bertz CT molecular complexity index is 279. The van der Waals surface area contributed by atoms with E-state index in [0.717, 1.165) is 24.8 Å². The highest BCUT2D eigenvalue weighted by Gasteiger charge is 2.40. The first-order valence-electron chi connectivity index (χ1n) is 4.75. The van der Waals surface area contributed by atoms with Gasteiger partial charge in [-0.1, -0.05) is 30.3 Å². The molecule has 3 N–H and O–H groups in total. The summed E-state index contributed by atoms with van der Waals surface area (Å²) in [6.07, 6.45) is 2.77. The summed E-state index contributed by atoms with van der Waals surface area (Å²) in [5.41, 5.74) is 6.38. The normalized spacial score (nSPS) is 22.0. The number of hydrogen-bond donors (Lipinski definition) is 2. The molecule has 0 bridgehead atoms. The van der Waals surface area contributed by atoms with Gasteiger partial charge in [0.15, 0.2) is 0 Å². The number of hydrogen-bond acceptors (Lipinski definition) is 2. The smallest absolute Gasteiger partial charge is 0.0839 e. The van der Waals surface area contributed by atoms with Crippen molar-refractivity contribution in [3.63, 3.8) is 0 Å². The molecule has 1 aromatic rings. The molecule has 70 valence electrons. The van der Waals surface area contributed by atoms with Gasteiger partial charge < -0.3 is 10.8 Å². The van der Waals surface area contributed by atoms with Crippen LogP contribution in [-0.2, 0) is 0 Å². The second-order valence-corrected chi connectivity index (χ2v) is 3.85. The van der Waals surface area contributed by atoms with Crippen LogP contribution in [0, 0.1) is 0 Å². The van der Waals surface area contributed by atoms with E-state index < -0.39 is 5.60 Å². The Hall–Kier alpha value is -0.860. The maximum atomic E-state index is 10.0. The minimum absolute atomic E-state index is 0.220. The van der Waals surface area contributed by atoms with Crippen molar-refractivity contribution in [2.45, 2.75) is 30.9 Å². The summed E-state index contributed by atoms with van der Waals surface area (Å²) in [7, 11) is 0. The summed E-state index contributed by atoms with van der Waals surface area (Å²) in [6, 6.07) is 9.60. The van der Waals surface area contributed by atoms with E-state index in [0.29, 0.717) is 0 Å². The van der Waals surface area contributed by atoms with E-state index in [4.69, 9.17) is 5.73 Å². The predicted octanol–water partition coefficient (Wildman–Crippen LogP) is 1.60. The second-order valence-electron chi connectivity index (χ2n) is 3.85. The largest absolute Gasteiger partial charge is 0.388 e. The lowest BCUT2D eigenvalue weighted by Gasteiger charge is -2.41. The summed E-state index contributed by atoms with van der Waals surface area (Å²) in [5.74, 6) is 0. The highest BCUT2D eigenvalue weighted by atomic mass is 16.3. The predicted molar refractivity (Wildman–Crippen MR) is 52.2 cm³/mol. The standard InChI is InChI=1S/C11H15NO/c12-10(11(13)7-4-8-11)9-5-2-1-3-6-9/h1-3,5-6,10,13H,4,7-8,12H2/t10-/m0/s1. The molecule has 1 saturated carbocycles. The quantitative estimate of drug-likeness (QED) is 0.720. The first kappa shape index (κ1) is 8.73. The van der Waals surface area contributed by atoms with Gasteiger partial charge in [0.2, 0.25) is 0 Å². The maximum Gasteiger partial charge on any atom is 0.0839 e. The molecule has 0 aromatic heterocycles. The van der Waals surface area contributed by atoms with E-state index in [1.165, 1.54) is 0 Å². The van der Waals surface area contributed by atoms with Crippen LogP contribution in [0.25, 0.3) is 0 Å². The van der Waals surface area contributed by atoms with Crippen molar-refractivity contribution in [2.75, 3.05) is 0 Å². The second kappa shape index (κ2) is 3.13. The Balaban J connectivity index is 2.17. The highest BCUT2D eigenvalue weighted by molar-refractivity contribution is 5.22. The first-order chi connectivity index (χ1) is 6.22. The molecule has 0 aliphatic heterocycles. The van der Waals surface area contributed by atoms with E-state index in [1.807, 2.05) is 30.3 Å². The molecule has 2 nitrogen and oxygen atoms in total. The molecule has 1 fully saturated rings. The molecule has 2 rings (SSSR count). The third-order valence-corrected chi connectivity index (χ3v) is 2.96. The Morgan fingerprint density at radius 1 is 1.23 bits per heavy atom. The summed E-state index contributed by atoms with van der Waals surface area (Å²) in [6.45, 7) is 0. The van der Waals surface area contributed by atoms with Crippen LogP contribution in [0.4, 0.5) is 0 Å². The molecule has 1 aliphatic rings. The Kier molecular flexibility index (Phi) is 2.10. The van der Waals surface area contributed by atoms with E-state index >= 15 is 0 Å². The van der Waals surface area contributed by atoms with Crippen molar-refractivity contribution in [3.05, 3.63) is 35.9 Å². The number of nitrogens with two attached hydrogens (primary N) is 1. The molecular weight excluding hydrogens is 162 g/mol. The summed E-state index contributed by atoms with van der Waals surface area (Å²) in [5, 5.41) is 10.0. The molecular formula is C11H15NO. The van der Waals surface area contributed by atoms with Crippen molar-refractivity contribution in [1.29, 1.82) is 0 Å². The van der Waals surface area contributed by atoms with Gasteiger partial charge in [-0.3, -0.25) is 0 Å². The molecule has 0 unspecified atom stereocenters. The van der Waals surface area contributed by atoms with Crippen molar-refractivity contribution in [2.24, 2.45) is 5.73 Å². The topological polar surface area (TPSA) is 46.2 Å². The first-order valence-corrected chi connectivity index (χ1v) is 4.75. The molecule has 13 heavy (non-hydrogen) atoms. The number of benzene rings is 1. The summed E-state index contributed by atoms with van der Waals surface area (Å²) in [4.78, 5) is 0. The number of rotatable bonds is 2. The van der Waals surface area contributed by atoms with Crippen molar-refractivity contribution in [3.8, 4) is 0 Å². The van der Waals surface area contributed by atoms with Gasteiger partial charge in [0.25, 0.3) is 0 Å². The zero-order valence-corrected chi connectivity index (χ0v) is 7.61. The maximum absolute atomic E-state index is 10.0. The van der Waals surface area contributed by atoms with Gasteiger partial charge >= 0.3 is 0 Å². The van der Waals surface area contributed by atoms with Crippen LogP contribution >= 0.6 is 0 Å². The van der Waals surface area contributed by atoms with E-state index in [2.05, 4.69) is 0 Å². The van der Waals surface area contributed by atoms with Gasteiger partial charge in [0, 0.05) is 0 Å². The fourth-order valence-corrected chi connectivity index (χ4v) is 1.82. The fraction of sp³-hybridized carbons (Fsp3) is 0.455. The van der Waals surface area contributed by atoms with Gasteiger partial charge in [-0.2, -0.15) is 0 Å². The van der Waals surface area contributed by atoms with Crippen LogP contribution in [0.3, 0.4) is 0 Å². The minimum atomic E-state index is -0.638. The zero-order chi connectivity index (χ0) is 9.31. The fourth-order valence-electron chi connectivity index (χ4n) is 1.82. The Morgan fingerprint density at radius 2 is 1.85 bits per heavy atom. The van der Waals surface area contributed by atoms with Gasteiger partial charge in [-0.15, -0.1) is 0 Å². The van der Waals surface area contributed by atoms with Crippen LogP contribution in [-0.4, -0.2) is 10.7 Å². The summed E-state index contributed by atoms with van der Waals surface area (Å²) < 4.78 is 0. The van der Waals surface area contributed by atoms with Crippen LogP contribution < -0.4 is 5.73 Å². The molecule has 1 aliphatic carbocycles. The monoisotopic (exact) mass is 177 g/mol. The average molecular weight is 177 g/mol. The zero-order valence-electron chi connectivity index (χ0n) is 7.61. The third-order valence-electron chi connectivity index (χ3n) is 2.96. The number of aliphatic hydroxyl groups is 1. The van der Waals surface area contributed by atoms with E-state index in [-0.39, 0.29) is 6.04 Å². The van der Waals surface area contributed by atoms with Crippen LogP contribution in [0.15, 0.2) is 30.3 Å². The molecule has 2 heteroatoms. The highest BCUT2D eigenvalue weighted by Crippen LogP contribution is 2.40. The van der Waals surface area contributed by atoms with Gasteiger partial charge in [0.1, 0.15) is 0 Å². The van der Waals surface area contributed by atoms with Crippen molar-refractivity contribution in [1.82, 2.24) is 0 Å². The Labute approximate surface area is 78.4 Å². The molecule has 0 heterocycles. The van der Waals surface area contributed by atoms with Gasteiger partial charge in [0.05, 0.1) is 11.6 Å². The third kappa shape index (κ3) is 1.47. The SMILES string of the molecule is N[C@@H](c1ccccc1)C1(O)CCC1. The lowest BCUT2D eigenvalue weighted by atomic mass is 9.73. The van der Waals surface area contributed by atoms with Crippen molar-refractivity contribution < 1.29 is 5.11 Å². The van der Waals surface area contributed by atoms with Crippen molar-refractivity contribution >= 4 is 0 Å². The van der Waals surface area contributed by atoms with Crippen LogP contribution in [0.5, 0.6) is 0 Å². The molecule has 0 amide bonds.